The predicted octanol–water partition coefficient (Wildman–Crippen LogP) is 3.44. The molecule has 20 heteroatoms. The van der Waals surface area contributed by atoms with Crippen molar-refractivity contribution in [2.75, 3.05) is 64.3 Å². The van der Waals surface area contributed by atoms with Crippen molar-refractivity contribution < 1.29 is 66.9 Å². The lowest BCUT2D eigenvalue weighted by Gasteiger charge is -2.07. The fourth-order valence-corrected chi connectivity index (χ4v) is 3.84. The second kappa shape index (κ2) is 23.6. The Morgan fingerprint density at radius 1 is 0.411 bits per heavy atom. The molecule has 0 fully saturated rings. The normalized spacial score (nSPS) is 10.3. The number of nitrogens with zero attached hydrogens (tertiary/aromatic N) is 2. The van der Waals surface area contributed by atoms with Crippen molar-refractivity contribution in [2.24, 2.45) is 0 Å². The number of carbonyl (C=O) groups is 4. The minimum atomic E-state index is -0.707. The van der Waals surface area contributed by atoms with Gasteiger partial charge in [0.05, 0.1) is 36.3 Å². The van der Waals surface area contributed by atoms with Crippen LogP contribution in [0.1, 0.15) is 0 Å². The third-order valence-corrected chi connectivity index (χ3v) is 6.41. The van der Waals surface area contributed by atoms with Crippen LogP contribution in [0.3, 0.4) is 0 Å². The smallest absolute Gasteiger partial charge is 0.337 e. The van der Waals surface area contributed by atoms with Gasteiger partial charge < -0.3 is 49.4 Å². The molecular weight excluding hydrogens is 744 g/mol. The first kappa shape index (κ1) is 43.4. The Bertz CT molecular complexity index is 1750. The number of non-ortho nitro benzene ring substituents is 2. The summed E-state index contributed by atoms with van der Waals surface area (Å²) in [7, 11) is 0. The van der Waals surface area contributed by atoms with Crippen molar-refractivity contribution in [1.82, 2.24) is 0 Å². The van der Waals surface area contributed by atoms with Crippen molar-refractivity contribution in [3.63, 3.8) is 0 Å². The summed E-state index contributed by atoms with van der Waals surface area (Å²) in [6.45, 7) is -0.966. The molecule has 4 N–H and O–H groups in total. The number of hydrogen-bond donors (Lipinski definition) is 2. The van der Waals surface area contributed by atoms with E-state index in [4.69, 9.17) is 49.4 Å². The number of esters is 4. The number of nitro groups is 2. The molecule has 0 saturated carbocycles. The molecule has 0 unspecified atom stereocenters. The van der Waals surface area contributed by atoms with Gasteiger partial charge in [0.15, 0.2) is 0 Å². The lowest BCUT2D eigenvalue weighted by molar-refractivity contribution is -0.385. The minimum absolute atomic E-state index is 0.000172. The Morgan fingerprint density at radius 2 is 0.625 bits per heavy atom. The molecule has 296 valence electrons. The van der Waals surface area contributed by atoms with E-state index in [1.54, 1.807) is 48.5 Å². The topological polar surface area (TPSA) is 280 Å². The molecular formula is C36H36N4O16. The van der Waals surface area contributed by atoms with Gasteiger partial charge in [-0.1, -0.05) is 0 Å². The molecule has 0 spiro atoms. The highest BCUT2D eigenvalue weighted by molar-refractivity contribution is 5.75. The van der Waals surface area contributed by atoms with Crippen molar-refractivity contribution in [1.29, 1.82) is 0 Å². The zero-order chi connectivity index (χ0) is 40.7. The summed E-state index contributed by atoms with van der Waals surface area (Å²) in [4.78, 5) is 66.3. The second-order valence-corrected chi connectivity index (χ2v) is 10.7. The van der Waals surface area contributed by atoms with Gasteiger partial charge in [-0.05, 0) is 72.8 Å². The lowest BCUT2D eigenvalue weighted by atomic mass is 10.3. The molecule has 4 aromatic carbocycles. The Morgan fingerprint density at radius 3 is 0.839 bits per heavy atom. The second-order valence-electron chi connectivity index (χ2n) is 10.7. The van der Waals surface area contributed by atoms with E-state index in [9.17, 15) is 39.4 Å². The van der Waals surface area contributed by atoms with E-state index < -0.39 is 33.7 Å². The Kier molecular flexibility index (Phi) is 18.3. The average Bonchev–Trinajstić information content (AvgIpc) is 3.17. The van der Waals surface area contributed by atoms with Crippen molar-refractivity contribution in [2.45, 2.75) is 0 Å². The number of nitrogen functional groups attached to an aromatic ring is 2. The summed E-state index contributed by atoms with van der Waals surface area (Å²) in [5, 5.41) is 21.1. The van der Waals surface area contributed by atoms with Gasteiger partial charge in [-0.2, -0.15) is 0 Å². The quantitative estimate of drug-likeness (QED) is 0.0324. The van der Waals surface area contributed by atoms with Crippen LogP contribution in [0.4, 0.5) is 22.7 Å². The first-order valence-electron chi connectivity index (χ1n) is 16.2. The van der Waals surface area contributed by atoms with Gasteiger partial charge in [0.25, 0.3) is 11.4 Å². The summed E-state index contributed by atoms with van der Waals surface area (Å²) in [6.07, 6.45) is 0. The molecule has 4 aromatic rings. The first-order valence-corrected chi connectivity index (χ1v) is 16.2. The lowest BCUT2D eigenvalue weighted by Crippen LogP contribution is -2.20. The van der Waals surface area contributed by atoms with E-state index in [0.29, 0.717) is 22.9 Å². The zero-order valence-electron chi connectivity index (χ0n) is 29.5. The van der Waals surface area contributed by atoms with Gasteiger partial charge in [0.2, 0.25) is 0 Å². The molecule has 0 aromatic heterocycles. The monoisotopic (exact) mass is 780 g/mol. The summed E-state index contributed by atoms with van der Waals surface area (Å²) in [5.41, 5.74) is 12.0. The van der Waals surface area contributed by atoms with E-state index >= 15 is 0 Å². The van der Waals surface area contributed by atoms with Crippen LogP contribution >= 0.6 is 0 Å². The molecule has 0 bridgehead atoms. The Balaban J connectivity index is 0.000000303. The molecule has 0 aliphatic rings. The number of hydrogen-bond acceptors (Lipinski definition) is 18. The third kappa shape index (κ3) is 17.7. The highest BCUT2D eigenvalue weighted by Gasteiger charge is 2.11. The van der Waals surface area contributed by atoms with Crippen LogP contribution in [0.15, 0.2) is 97.1 Å². The van der Waals surface area contributed by atoms with Crippen LogP contribution in [0.25, 0.3) is 0 Å². The van der Waals surface area contributed by atoms with Gasteiger partial charge in [-0.25, -0.2) is 19.2 Å². The van der Waals surface area contributed by atoms with Crippen LogP contribution in [0.2, 0.25) is 0 Å². The molecule has 0 radical (unpaired) electrons. The van der Waals surface area contributed by atoms with Crippen LogP contribution in [0.5, 0.6) is 23.0 Å². The largest absolute Gasteiger partial charge is 0.425 e. The molecule has 0 atom stereocenters. The maximum atomic E-state index is 11.6. The number of carbonyl (C=O) groups excluding carboxylic acids is 4. The highest BCUT2D eigenvalue weighted by atomic mass is 16.6. The predicted molar refractivity (Wildman–Crippen MR) is 194 cm³/mol. The zero-order valence-corrected chi connectivity index (χ0v) is 29.5. The Labute approximate surface area is 318 Å². The fraction of sp³-hybridized carbons (Fsp3) is 0.222. The molecule has 0 amide bonds. The molecule has 0 saturated heterocycles. The minimum Gasteiger partial charge on any atom is -0.425 e. The molecule has 56 heavy (non-hydrogen) atoms. The number of nitro benzene ring substituents is 2. The van der Waals surface area contributed by atoms with Gasteiger partial charge in [-0.15, -0.1) is 0 Å². The first-order chi connectivity index (χ1) is 26.9. The summed E-state index contributed by atoms with van der Waals surface area (Å²) >= 11 is 0. The molecule has 0 aliphatic carbocycles. The van der Waals surface area contributed by atoms with E-state index in [-0.39, 0.29) is 75.7 Å². The molecule has 0 aliphatic heterocycles. The van der Waals surface area contributed by atoms with Gasteiger partial charge >= 0.3 is 23.9 Å². The van der Waals surface area contributed by atoms with Crippen molar-refractivity contribution in [3.8, 4) is 23.0 Å². The molecule has 0 heterocycles. The van der Waals surface area contributed by atoms with Crippen LogP contribution in [0, 0.1) is 20.2 Å². The van der Waals surface area contributed by atoms with E-state index in [0.717, 1.165) is 0 Å². The number of benzene rings is 4. The number of rotatable bonds is 20. The van der Waals surface area contributed by atoms with Gasteiger partial charge in [0.1, 0.15) is 49.4 Å². The number of ether oxygens (including phenoxy) is 8. The fourth-order valence-electron chi connectivity index (χ4n) is 3.84. The van der Waals surface area contributed by atoms with Crippen LogP contribution in [-0.2, 0) is 38.1 Å². The van der Waals surface area contributed by atoms with Crippen LogP contribution < -0.4 is 30.4 Å². The molecule has 4 rings (SSSR count). The van der Waals surface area contributed by atoms with E-state index in [2.05, 4.69) is 0 Å². The van der Waals surface area contributed by atoms with Gasteiger partial charge in [-0.3, -0.25) is 20.2 Å². The average molecular weight is 781 g/mol. The third-order valence-electron chi connectivity index (χ3n) is 6.41. The summed E-state index contributed by atoms with van der Waals surface area (Å²) < 4.78 is 40.3. The maximum absolute atomic E-state index is 11.6. The van der Waals surface area contributed by atoms with E-state index in [1.807, 2.05) is 0 Å². The molecule has 20 nitrogen and oxygen atoms in total. The number of nitrogens with two attached hydrogens (primary N) is 2. The number of anilines is 2. The van der Waals surface area contributed by atoms with Gasteiger partial charge in [0, 0.05) is 35.6 Å². The SMILES string of the molecule is Nc1ccc(OC(=O)COCCOCC(=O)Oc2ccc(N)cc2)cc1.O=C(COCCOCC(=O)Oc1ccc([N+](=O)[O-])cc1)Oc1ccc([N+](=O)[O-])cc1. The Hall–Kier alpha value is -7.00. The maximum Gasteiger partial charge on any atom is 0.337 e. The van der Waals surface area contributed by atoms with E-state index in [1.165, 1.54) is 48.5 Å². The van der Waals surface area contributed by atoms with Crippen molar-refractivity contribution in [3.05, 3.63) is 117 Å². The standard InChI is InChI=1S/C18H16N2O10.C18H20N2O6/c21-17(29-15-5-1-13(2-6-15)19(23)24)11-27-9-10-28-12-18(22)30-16-7-3-14(4-8-16)20(25)26;19-13-1-5-15(6-2-13)25-17(21)11-23-9-10-24-12-18(22)26-16-7-3-14(20)4-8-16/h1-8H,9-12H2;1-8H,9-12,19-20H2. The van der Waals surface area contributed by atoms with Crippen LogP contribution in [-0.4, -0.2) is 86.6 Å². The summed E-state index contributed by atoms with van der Waals surface area (Å²) in [5.74, 6) is -1.46. The summed E-state index contributed by atoms with van der Waals surface area (Å²) in [6, 6.07) is 22.8. The van der Waals surface area contributed by atoms with Crippen molar-refractivity contribution >= 4 is 46.6 Å². The highest BCUT2D eigenvalue weighted by Crippen LogP contribution is 2.19.